The summed E-state index contributed by atoms with van der Waals surface area (Å²) in [7, 11) is -1.00. The van der Waals surface area contributed by atoms with E-state index in [-0.39, 0.29) is 0 Å². The molecule has 0 aromatic carbocycles. The van der Waals surface area contributed by atoms with Gasteiger partial charge in [-0.1, -0.05) is 45.8 Å². The van der Waals surface area contributed by atoms with Gasteiger partial charge in [0.2, 0.25) is 0 Å². The lowest BCUT2D eigenvalue weighted by atomic mass is 9.96. The SMILES string of the molecule is CCC(/C=N/C1CCCCC1)S[Si](C)(C)C. The highest BCUT2D eigenvalue weighted by Gasteiger charge is 2.19. The molecule has 1 saturated carbocycles. The first-order chi connectivity index (χ1) is 7.51. The fourth-order valence-corrected chi connectivity index (χ4v) is 6.73. The van der Waals surface area contributed by atoms with Crippen molar-refractivity contribution in [3.63, 3.8) is 0 Å². The van der Waals surface area contributed by atoms with Crippen LogP contribution in [-0.4, -0.2) is 24.7 Å². The highest BCUT2D eigenvalue weighted by molar-refractivity contribution is 8.29. The predicted molar refractivity (Wildman–Crippen MR) is 80.4 cm³/mol. The lowest BCUT2D eigenvalue weighted by Crippen LogP contribution is -2.21. The summed E-state index contributed by atoms with van der Waals surface area (Å²) in [6.07, 6.45) is 10.3. The van der Waals surface area contributed by atoms with Crippen LogP contribution in [0.3, 0.4) is 0 Å². The van der Waals surface area contributed by atoms with E-state index in [9.17, 15) is 0 Å². The van der Waals surface area contributed by atoms with Crippen LogP contribution >= 0.6 is 11.2 Å². The van der Waals surface area contributed by atoms with Crippen molar-refractivity contribution in [3.8, 4) is 0 Å². The van der Waals surface area contributed by atoms with E-state index in [0.717, 1.165) is 0 Å². The topological polar surface area (TPSA) is 12.4 Å². The zero-order chi connectivity index (χ0) is 12.0. The predicted octanol–water partition coefficient (Wildman–Crippen LogP) is 4.74. The summed E-state index contributed by atoms with van der Waals surface area (Å²) in [6, 6.07) is 0.644. The van der Waals surface area contributed by atoms with E-state index in [0.29, 0.717) is 11.3 Å². The van der Waals surface area contributed by atoms with Gasteiger partial charge in [0.25, 0.3) is 0 Å². The minimum absolute atomic E-state index is 0.644. The Morgan fingerprint density at radius 3 is 2.38 bits per heavy atom. The van der Waals surface area contributed by atoms with Crippen molar-refractivity contribution < 1.29 is 0 Å². The van der Waals surface area contributed by atoms with E-state index in [1.165, 1.54) is 38.5 Å². The second kappa shape index (κ2) is 6.85. The second-order valence-electron chi connectivity index (χ2n) is 5.77. The summed E-state index contributed by atoms with van der Waals surface area (Å²) < 4.78 is 0. The van der Waals surface area contributed by atoms with Gasteiger partial charge >= 0.3 is 0 Å². The quantitative estimate of drug-likeness (QED) is 0.512. The van der Waals surface area contributed by atoms with Gasteiger partial charge in [0.1, 0.15) is 7.22 Å². The summed E-state index contributed by atoms with van der Waals surface area (Å²) in [5.41, 5.74) is 0. The van der Waals surface area contributed by atoms with E-state index < -0.39 is 7.22 Å². The van der Waals surface area contributed by atoms with Crippen molar-refractivity contribution in [1.29, 1.82) is 0 Å². The van der Waals surface area contributed by atoms with Crippen molar-refractivity contribution >= 4 is 24.6 Å². The molecule has 16 heavy (non-hydrogen) atoms. The average molecular weight is 258 g/mol. The Morgan fingerprint density at radius 2 is 1.88 bits per heavy atom. The van der Waals surface area contributed by atoms with Crippen molar-refractivity contribution in [2.75, 3.05) is 0 Å². The normalized spacial score (nSPS) is 21.5. The molecule has 0 N–H and O–H groups in total. The lowest BCUT2D eigenvalue weighted by molar-refractivity contribution is 0.444. The Hall–Kier alpha value is 0.237. The van der Waals surface area contributed by atoms with Crippen LogP contribution in [0.5, 0.6) is 0 Å². The molecule has 0 aliphatic heterocycles. The molecule has 0 amide bonds. The number of hydrogen-bond donors (Lipinski definition) is 0. The number of nitrogens with zero attached hydrogens (tertiary/aromatic N) is 1. The number of rotatable bonds is 5. The summed E-state index contributed by atoms with van der Waals surface area (Å²) in [6.45, 7) is 9.56. The van der Waals surface area contributed by atoms with Crippen LogP contribution in [0.1, 0.15) is 45.4 Å². The Balaban J connectivity index is 2.39. The van der Waals surface area contributed by atoms with Crippen molar-refractivity contribution in [1.82, 2.24) is 0 Å². The third kappa shape index (κ3) is 6.09. The Kier molecular flexibility index (Phi) is 6.12. The van der Waals surface area contributed by atoms with Gasteiger partial charge in [0, 0.05) is 17.5 Å². The summed E-state index contributed by atoms with van der Waals surface area (Å²) in [5, 5.41) is 0.661. The molecular formula is C13H27NSSi. The molecule has 0 saturated heterocycles. The molecule has 1 unspecified atom stereocenters. The summed E-state index contributed by atoms with van der Waals surface area (Å²) in [4.78, 5) is 4.81. The van der Waals surface area contributed by atoms with Crippen LogP contribution in [0.25, 0.3) is 0 Å². The number of hydrogen-bond acceptors (Lipinski definition) is 2. The largest absolute Gasteiger partial charge is 0.293 e. The first-order valence-corrected chi connectivity index (χ1v) is 11.8. The van der Waals surface area contributed by atoms with Crippen molar-refractivity contribution in [2.45, 2.75) is 76.4 Å². The zero-order valence-electron chi connectivity index (χ0n) is 11.3. The van der Waals surface area contributed by atoms with Crippen molar-refractivity contribution in [2.24, 2.45) is 4.99 Å². The third-order valence-electron chi connectivity index (χ3n) is 2.95. The molecule has 1 rings (SSSR count). The molecule has 3 heteroatoms. The van der Waals surface area contributed by atoms with E-state index in [2.05, 4.69) is 44.0 Å². The first kappa shape index (κ1) is 14.3. The van der Waals surface area contributed by atoms with Crippen LogP contribution in [0, 0.1) is 0 Å². The van der Waals surface area contributed by atoms with Crippen LogP contribution in [-0.2, 0) is 0 Å². The van der Waals surface area contributed by atoms with Crippen LogP contribution < -0.4 is 0 Å². The van der Waals surface area contributed by atoms with E-state index in [1.54, 1.807) is 0 Å². The third-order valence-corrected chi connectivity index (χ3v) is 7.44. The van der Waals surface area contributed by atoms with Crippen molar-refractivity contribution in [3.05, 3.63) is 0 Å². The van der Waals surface area contributed by atoms with Gasteiger partial charge in [-0.25, -0.2) is 0 Å². The average Bonchev–Trinajstić information content (AvgIpc) is 2.24. The van der Waals surface area contributed by atoms with E-state index >= 15 is 0 Å². The lowest BCUT2D eigenvalue weighted by Gasteiger charge is -2.22. The smallest absolute Gasteiger partial charge is 0.109 e. The van der Waals surface area contributed by atoms with Crippen LogP contribution in [0.2, 0.25) is 19.6 Å². The molecule has 0 spiro atoms. The highest BCUT2D eigenvalue weighted by atomic mass is 32.4. The fourth-order valence-electron chi connectivity index (χ4n) is 2.12. The molecule has 1 aliphatic carbocycles. The Morgan fingerprint density at radius 1 is 1.25 bits per heavy atom. The van der Waals surface area contributed by atoms with Gasteiger partial charge < -0.3 is 0 Å². The summed E-state index contributed by atoms with van der Waals surface area (Å²) >= 11 is 2.18. The Labute approximate surface area is 106 Å². The number of aliphatic imine (C=N–C) groups is 1. The molecule has 0 bridgehead atoms. The second-order valence-corrected chi connectivity index (χ2v) is 15.2. The van der Waals surface area contributed by atoms with E-state index in [1.807, 2.05) is 0 Å². The van der Waals surface area contributed by atoms with Gasteiger partial charge in [0.15, 0.2) is 0 Å². The molecule has 1 fully saturated rings. The monoisotopic (exact) mass is 257 g/mol. The minimum atomic E-state index is -1.00. The molecule has 1 aliphatic rings. The maximum atomic E-state index is 4.81. The molecule has 0 radical (unpaired) electrons. The fraction of sp³-hybridized carbons (Fsp3) is 0.923. The maximum Gasteiger partial charge on any atom is 0.109 e. The molecular weight excluding hydrogens is 230 g/mol. The molecule has 0 aromatic heterocycles. The van der Waals surface area contributed by atoms with Gasteiger partial charge in [-0.3, -0.25) is 4.99 Å². The van der Waals surface area contributed by atoms with Gasteiger partial charge in [0.05, 0.1) is 0 Å². The zero-order valence-corrected chi connectivity index (χ0v) is 13.1. The first-order valence-electron chi connectivity index (χ1n) is 6.72. The summed E-state index contributed by atoms with van der Waals surface area (Å²) in [5.74, 6) is 0. The molecule has 94 valence electrons. The van der Waals surface area contributed by atoms with Crippen LogP contribution in [0.4, 0.5) is 0 Å². The standard InChI is InChI=1S/C13H27NSSi/c1-5-13(15-16(2,3)4)11-14-12-9-7-6-8-10-12/h11-13H,5-10H2,1-4H3/b14-11+. The molecule has 1 atom stereocenters. The van der Waals surface area contributed by atoms with Gasteiger partial charge in [-0.2, -0.15) is 11.2 Å². The van der Waals surface area contributed by atoms with E-state index in [4.69, 9.17) is 4.99 Å². The van der Waals surface area contributed by atoms with Gasteiger partial charge in [-0.05, 0) is 19.3 Å². The Bertz CT molecular complexity index is 216. The molecule has 1 nitrogen and oxygen atoms in total. The van der Waals surface area contributed by atoms with Gasteiger partial charge in [-0.15, -0.1) is 0 Å². The maximum absolute atomic E-state index is 4.81. The minimum Gasteiger partial charge on any atom is -0.293 e. The highest BCUT2D eigenvalue weighted by Crippen LogP contribution is 2.26. The molecule has 0 heterocycles. The molecule has 0 aromatic rings. The van der Waals surface area contributed by atoms with Crippen LogP contribution in [0.15, 0.2) is 4.99 Å².